The number of benzene rings is 2. The van der Waals surface area contributed by atoms with Gasteiger partial charge >= 0.3 is 5.97 Å². The summed E-state index contributed by atoms with van der Waals surface area (Å²) in [6, 6.07) is 9.13. The summed E-state index contributed by atoms with van der Waals surface area (Å²) in [4.78, 5) is 11.2. The molecule has 0 atom stereocenters. The van der Waals surface area contributed by atoms with Crippen molar-refractivity contribution in [1.82, 2.24) is 0 Å². The van der Waals surface area contributed by atoms with Gasteiger partial charge in [0.05, 0.1) is 13.7 Å². The normalized spacial score (nSPS) is 10.2. The number of aliphatic hydroxyl groups excluding tert-OH is 1. The Bertz CT molecular complexity index is 669. The summed E-state index contributed by atoms with van der Waals surface area (Å²) in [5, 5.41) is 18.6. The lowest BCUT2D eigenvalue weighted by Crippen LogP contribution is -2.01. The molecule has 0 heterocycles. The van der Waals surface area contributed by atoms with Gasteiger partial charge in [-0.1, -0.05) is 17.7 Å². The lowest BCUT2D eigenvalue weighted by molar-refractivity contribution is 0.0694. The van der Waals surface area contributed by atoms with E-state index in [0.29, 0.717) is 22.1 Å². The first kappa shape index (κ1) is 15.2. The second-order valence-corrected chi connectivity index (χ2v) is 4.63. The number of ether oxygens (including phenoxy) is 2. The molecule has 0 spiro atoms. The number of methoxy groups -OCH3 is 1. The number of carbonyl (C=O) groups is 1. The van der Waals surface area contributed by atoms with Gasteiger partial charge in [0.1, 0.15) is 11.3 Å². The number of hydrogen-bond donors (Lipinski definition) is 2. The van der Waals surface area contributed by atoms with Crippen LogP contribution in [0.2, 0.25) is 5.02 Å². The van der Waals surface area contributed by atoms with Crippen molar-refractivity contribution in [1.29, 1.82) is 0 Å². The zero-order chi connectivity index (χ0) is 15.4. The van der Waals surface area contributed by atoms with Crippen molar-refractivity contribution in [3.05, 3.63) is 52.5 Å². The quantitative estimate of drug-likeness (QED) is 0.886. The van der Waals surface area contributed by atoms with Crippen molar-refractivity contribution in [3.8, 4) is 17.2 Å². The second-order valence-electron chi connectivity index (χ2n) is 4.19. The van der Waals surface area contributed by atoms with Gasteiger partial charge in [-0.15, -0.1) is 0 Å². The minimum atomic E-state index is -1.12. The molecule has 2 aromatic rings. The van der Waals surface area contributed by atoms with E-state index in [1.807, 2.05) is 0 Å². The van der Waals surface area contributed by atoms with Gasteiger partial charge in [0.2, 0.25) is 0 Å². The Morgan fingerprint density at radius 2 is 1.90 bits per heavy atom. The average molecular weight is 309 g/mol. The number of carboxylic acids is 1. The fourth-order valence-corrected chi connectivity index (χ4v) is 1.93. The summed E-state index contributed by atoms with van der Waals surface area (Å²) in [6.07, 6.45) is 0. The first-order valence-electron chi connectivity index (χ1n) is 6.03. The SMILES string of the molecule is COc1cc(CO)ccc1Oc1cc(Cl)ccc1C(=O)O. The predicted molar refractivity (Wildman–Crippen MR) is 77.4 cm³/mol. The van der Waals surface area contributed by atoms with E-state index in [4.69, 9.17) is 31.3 Å². The molecule has 2 rings (SSSR count). The molecular weight excluding hydrogens is 296 g/mol. The van der Waals surface area contributed by atoms with Crippen LogP contribution in [-0.2, 0) is 6.61 Å². The van der Waals surface area contributed by atoms with E-state index >= 15 is 0 Å². The molecule has 0 saturated carbocycles. The van der Waals surface area contributed by atoms with Crippen LogP contribution < -0.4 is 9.47 Å². The minimum absolute atomic E-state index is 0.00677. The fourth-order valence-electron chi connectivity index (χ4n) is 1.77. The third-order valence-corrected chi connectivity index (χ3v) is 3.04. The molecule has 0 radical (unpaired) electrons. The van der Waals surface area contributed by atoms with Crippen molar-refractivity contribution in [2.75, 3.05) is 7.11 Å². The maximum absolute atomic E-state index is 11.2. The summed E-state index contributed by atoms with van der Waals surface area (Å²) in [5.74, 6) is -0.282. The Labute approximate surface area is 126 Å². The summed E-state index contributed by atoms with van der Waals surface area (Å²) in [7, 11) is 1.46. The molecular formula is C15H13ClO5. The van der Waals surface area contributed by atoms with Crippen LogP contribution in [0, 0.1) is 0 Å². The van der Waals surface area contributed by atoms with Gasteiger partial charge in [-0.2, -0.15) is 0 Å². The molecule has 0 amide bonds. The van der Waals surface area contributed by atoms with Crippen molar-refractivity contribution in [3.63, 3.8) is 0 Å². The smallest absolute Gasteiger partial charge is 0.339 e. The van der Waals surface area contributed by atoms with Gasteiger partial charge in [0.25, 0.3) is 0 Å². The zero-order valence-electron chi connectivity index (χ0n) is 11.2. The van der Waals surface area contributed by atoms with E-state index < -0.39 is 5.97 Å². The van der Waals surface area contributed by atoms with Gasteiger partial charge in [0.15, 0.2) is 11.5 Å². The van der Waals surface area contributed by atoms with Gasteiger partial charge < -0.3 is 19.7 Å². The van der Waals surface area contributed by atoms with Crippen LogP contribution in [-0.4, -0.2) is 23.3 Å². The number of aliphatic hydroxyl groups is 1. The van der Waals surface area contributed by atoms with E-state index in [1.165, 1.54) is 25.3 Å². The summed E-state index contributed by atoms with van der Waals surface area (Å²) in [5.41, 5.74) is 0.649. The topological polar surface area (TPSA) is 76.0 Å². The van der Waals surface area contributed by atoms with Crippen LogP contribution in [0.5, 0.6) is 17.2 Å². The molecule has 0 bridgehead atoms. The highest BCUT2D eigenvalue weighted by molar-refractivity contribution is 6.30. The highest BCUT2D eigenvalue weighted by Crippen LogP contribution is 2.35. The van der Waals surface area contributed by atoms with Crippen LogP contribution in [0.3, 0.4) is 0 Å². The molecule has 2 aromatic carbocycles. The molecule has 0 aliphatic heterocycles. The maximum atomic E-state index is 11.2. The molecule has 0 fully saturated rings. The Morgan fingerprint density at radius 1 is 1.14 bits per heavy atom. The number of halogens is 1. The minimum Gasteiger partial charge on any atom is -0.493 e. The lowest BCUT2D eigenvalue weighted by Gasteiger charge is -2.13. The molecule has 6 heteroatoms. The molecule has 0 aliphatic carbocycles. The highest BCUT2D eigenvalue weighted by atomic mass is 35.5. The van der Waals surface area contributed by atoms with Crippen molar-refractivity contribution < 1.29 is 24.5 Å². The molecule has 2 N–H and O–H groups in total. The van der Waals surface area contributed by atoms with E-state index in [0.717, 1.165) is 0 Å². The zero-order valence-corrected chi connectivity index (χ0v) is 11.9. The van der Waals surface area contributed by atoms with Crippen molar-refractivity contribution in [2.24, 2.45) is 0 Å². The van der Waals surface area contributed by atoms with Gasteiger partial charge in [-0.3, -0.25) is 0 Å². The fraction of sp³-hybridized carbons (Fsp3) is 0.133. The van der Waals surface area contributed by atoms with Gasteiger partial charge in [0, 0.05) is 11.1 Å². The highest BCUT2D eigenvalue weighted by Gasteiger charge is 2.15. The third-order valence-electron chi connectivity index (χ3n) is 2.80. The number of carboxylic acid groups (broad SMARTS) is 1. The number of aromatic carboxylic acids is 1. The lowest BCUT2D eigenvalue weighted by atomic mass is 10.2. The second kappa shape index (κ2) is 6.47. The van der Waals surface area contributed by atoms with Gasteiger partial charge in [-0.05, 0) is 29.8 Å². The van der Waals surface area contributed by atoms with E-state index in [1.54, 1.807) is 18.2 Å². The monoisotopic (exact) mass is 308 g/mol. The van der Waals surface area contributed by atoms with Crippen molar-refractivity contribution in [2.45, 2.75) is 6.61 Å². The Kier molecular flexibility index (Phi) is 4.67. The first-order chi connectivity index (χ1) is 10.0. The molecule has 5 nitrogen and oxygen atoms in total. The van der Waals surface area contributed by atoms with E-state index in [-0.39, 0.29) is 17.9 Å². The molecule has 110 valence electrons. The Hall–Kier alpha value is -2.24. The number of rotatable bonds is 5. The van der Waals surface area contributed by atoms with Crippen LogP contribution in [0.25, 0.3) is 0 Å². The van der Waals surface area contributed by atoms with Crippen LogP contribution in [0.1, 0.15) is 15.9 Å². The maximum Gasteiger partial charge on any atom is 0.339 e. The van der Waals surface area contributed by atoms with Crippen LogP contribution >= 0.6 is 11.6 Å². The molecule has 0 aromatic heterocycles. The number of hydrogen-bond acceptors (Lipinski definition) is 4. The molecule has 0 saturated heterocycles. The van der Waals surface area contributed by atoms with E-state index in [2.05, 4.69) is 0 Å². The average Bonchev–Trinajstić information content (AvgIpc) is 2.47. The van der Waals surface area contributed by atoms with Crippen LogP contribution in [0.15, 0.2) is 36.4 Å². The first-order valence-corrected chi connectivity index (χ1v) is 6.41. The molecule has 21 heavy (non-hydrogen) atoms. The molecule has 0 unspecified atom stereocenters. The summed E-state index contributed by atoms with van der Waals surface area (Å²) in [6.45, 7) is -0.131. The Balaban J connectivity index is 2.42. The third kappa shape index (κ3) is 3.45. The Morgan fingerprint density at radius 3 is 2.52 bits per heavy atom. The van der Waals surface area contributed by atoms with Crippen molar-refractivity contribution >= 4 is 17.6 Å². The van der Waals surface area contributed by atoms with Gasteiger partial charge in [-0.25, -0.2) is 4.79 Å². The van der Waals surface area contributed by atoms with Crippen LogP contribution in [0.4, 0.5) is 0 Å². The molecule has 0 aliphatic rings. The predicted octanol–water partition coefficient (Wildman–Crippen LogP) is 3.33. The summed E-state index contributed by atoms with van der Waals surface area (Å²) >= 11 is 5.87. The standard InChI is InChI=1S/C15H13ClO5/c1-20-14-6-9(8-17)2-5-12(14)21-13-7-10(16)3-4-11(13)15(18)19/h2-7,17H,8H2,1H3,(H,18,19). The summed E-state index contributed by atoms with van der Waals surface area (Å²) < 4.78 is 10.8. The van der Waals surface area contributed by atoms with E-state index in [9.17, 15) is 4.79 Å². The largest absolute Gasteiger partial charge is 0.493 e.